The van der Waals surface area contributed by atoms with E-state index in [2.05, 4.69) is 0 Å². The summed E-state index contributed by atoms with van der Waals surface area (Å²) in [4.78, 5) is 54.3. The first-order valence-corrected chi connectivity index (χ1v) is 24.2. The van der Waals surface area contributed by atoms with Gasteiger partial charge in [0.15, 0.2) is 25.3 Å². The van der Waals surface area contributed by atoms with E-state index < -0.39 is 0 Å². The van der Waals surface area contributed by atoms with E-state index in [1.165, 1.54) is 32.1 Å². The van der Waals surface area contributed by atoms with Gasteiger partial charge < -0.3 is 42.6 Å². The average Bonchev–Trinajstić information content (AvgIpc) is 4.13. The van der Waals surface area contributed by atoms with Gasteiger partial charge in [-0.2, -0.15) is 0 Å². The average molecular weight is 869 g/mol. The summed E-state index contributed by atoms with van der Waals surface area (Å²) in [5, 5.41) is 0. The number of carbonyl (C=O) groups is 5. The second-order valence-corrected chi connectivity index (χ2v) is 16.1. The number of rotatable bonds is 0. The van der Waals surface area contributed by atoms with Crippen LogP contribution < -0.4 is 0 Å². The summed E-state index contributed by atoms with van der Waals surface area (Å²) in [6, 6.07) is 0. The second-order valence-electron chi connectivity index (χ2n) is 16.1. The van der Waals surface area contributed by atoms with Gasteiger partial charge >= 0.3 is 29.8 Å². The number of ether oxygens (including phenoxy) is 9. The van der Waals surface area contributed by atoms with Gasteiger partial charge in [0.05, 0.1) is 44.3 Å². The second kappa shape index (κ2) is 27.4. The Morgan fingerprint density at radius 3 is 1.74 bits per heavy atom. The first-order valence-electron chi connectivity index (χ1n) is 24.2. The molecular weight excluding hydrogens is 789 g/mol. The van der Waals surface area contributed by atoms with Gasteiger partial charge in [-0.15, -0.1) is 0 Å². The van der Waals surface area contributed by atoms with Crippen LogP contribution in [0.2, 0.25) is 0 Å². The van der Waals surface area contributed by atoms with Gasteiger partial charge in [0.2, 0.25) is 0 Å². The topological polar surface area (TPSA) is 168 Å². The number of hydrogen-bond acceptors (Lipinski definition) is 14. The lowest BCUT2D eigenvalue weighted by Crippen LogP contribution is -2.30. The van der Waals surface area contributed by atoms with Gasteiger partial charge in [0.1, 0.15) is 30.5 Å². The molecule has 14 nitrogen and oxygen atoms in total. The Bertz CT molecular complexity index is 1260. The van der Waals surface area contributed by atoms with Crippen LogP contribution in [0.1, 0.15) is 166 Å². The normalized spacial score (nSPS) is 38.4. The Hall–Kier alpha value is -2.81. The Morgan fingerprint density at radius 2 is 1.08 bits per heavy atom. The Morgan fingerprint density at radius 1 is 0.475 bits per heavy atom. The van der Waals surface area contributed by atoms with Crippen molar-refractivity contribution >= 4 is 29.8 Å². The van der Waals surface area contributed by atoms with Crippen LogP contribution in [0.25, 0.3) is 0 Å². The largest absolute Gasteiger partial charge is 0.465 e. The van der Waals surface area contributed by atoms with Crippen molar-refractivity contribution in [3.05, 3.63) is 0 Å². The molecule has 9 heterocycles. The molecule has 0 aromatic carbocycles. The smallest absolute Gasteiger partial charge is 0.309 e. The van der Waals surface area contributed by atoms with Crippen molar-refractivity contribution in [2.75, 3.05) is 20.0 Å². The molecule has 61 heavy (non-hydrogen) atoms. The third-order valence-corrected chi connectivity index (χ3v) is 12.6. The van der Waals surface area contributed by atoms with Crippen molar-refractivity contribution in [1.82, 2.24) is 0 Å². The van der Waals surface area contributed by atoms with E-state index in [-0.39, 0.29) is 91.4 Å². The summed E-state index contributed by atoms with van der Waals surface area (Å²) >= 11 is 0. The molecule has 4 aliphatic carbocycles. The van der Waals surface area contributed by atoms with Gasteiger partial charge in [0, 0.05) is 18.3 Å². The van der Waals surface area contributed by atoms with Crippen molar-refractivity contribution in [3.63, 3.8) is 0 Å². The zero-order chi connectivity index (χ0) is 45.1. The van der Waals surface area contributed by atoms with E-state index in [0.29, 0.717) is 43.8 Å². The minimum atomic E-state index is -0.326. The highest BCUT2D eigenvalue weighted by Crippen LogP contribution is 2.47. The van der Waals surface area contributed by atoms with Crippen LogP contribution >= 0.6 is 0 Å². The van der Waals surface area contributed by atoms with Crippen molar-refractivity contribution in [3.8, 4) is 0 Å². The van der Waals surface area contributed by atoms with E-state index in [0.717, 1.165) is 63.4 Å². The molecule has 13 aliphatic rings. The standard InChI is InChI=1S/C10H14O2.C7H8O5.2C7H10O2.C6H8O3.5C2H6/c11-10-8-2-6-1-7(3-8)5-9(4-6)12-10;8-4-1-3-5(12-4)6-7(11-3)10-2-9-6;8-7-6-3-1-2-5(6)4-9-7;8-7-4-5-2-1-3-6(5)9-7;7-6-3-5-4(9-6)1-2-8-5;5*1-2/h6-9H,1-5H2;3,5-7H,1-2H2;2*5-6H,1-4H2;4-5H,1-3H2;5*1-2H3. The number of fused-ring (bicyclic) bond motifs is 7. The molecule has 12 unspecified atom stereocenters. The molecule has 14 heteroatoms. The number of carbonyl (C=O) groups excluding carboxylic acids is 5. The molecule has 13 fully saturated rings. The lowest BCUT2D eigenvalue weighted by molar-refractivity contribution is -0.151. The fourth-order valence-electron chi connectivity index (χ4n) is 10.2. The Labute approximate surface area is 365 Å². The molecule has 0 aromatic heterocycles. The molecule has 4 bridgehead atoms. The summed E-state index contributed by atoms with van der Waals surface area (Å²) in [6.45, 7) is 21.7. The number of esters is 5. The highest BCUT2D eigenvalue weighted by Gasteiger charge is 2.55. The van der Waals surface area contributed by atoms with Gasteiger partial charge in [-0.3, -0.25) is 24.0 Å². The maximum Gasteiger partial charge on any atom is 0.309 e. The first kappa shape index (κ1) is 52.5. The quantitative estimate of drug-likeness (QED) is 0.168. The van der Waals surface area contributed by atoms with Crippen LogP contribution in [0.4, 0.5) is 0 Å². The van der Waals surface area contributed by atoms with Crippen LogP contribution in [0.3, 0.4) is 0 Å². The summed E-state index contributed by atoms with van der Waals surface area (Å²) in [6.07, 6.45) is 15.1. The molecule has 4 saturated carbocycles. The van der Waals surface area contributed by atoms with Crippen LogP contribution in [0, 0.1) is 35.5 Å². The zero-order valence-electron chi connectivity index (χ0n) is 39.0. The summed E-state index contributed by atoms with van der Waals surface area (Å²) in [5.41, 5.74) is 0. The number of cyclic esters (lactones) is 1. The molecule has 0 radical (unpaired) electrons. The Balaban J connectivity index is 0.000000194. The predicted octanol–water partition coefficient (Wildman–Crippen LogP) is 8.42. The molecule has 0 spiro atoms. The van der Waals surface area contributed by atoms with E-state index >= 15 is 0 Å². The lowest BCUT2D eigenvalue weighted by Gasteiger charge is -2.35. The maximum absolute atomic E-state index is 11.4. The maximum atomic E-state index is 11.4. The third kappa shape index (κ3) is 14.3. The van der Waals surface area contributed by atoms with Gasteiger partial charge in [-0.1, -0.05) is 75.7 Å². The summed E-state index contributed by atoms with van der Waals surface area (Å²) in [7, 11) is 0. The molecule has 352 valence electrons. The van der Waals surface area contributed by atoms with E-state index in [4.69, 9.17) is 42.6 Å². The lowest BCUT2D eigenvalue weighted by atomic mass is 9.68. The van der Waals surface area contributed by atoms with Crippen molar-refractivity contribution in [2.24, 2.45) is 35.5 Å². The molecule has 0 aromatic rings. The molecule has 0 N–H and O–H groups in total. The molecule has 9 aliphatic heterocycles. The van der Waals surface area contributed by atoms with E-state index in [1.807, 2.05) is 69.2 Å². The van der Waals surface area contributed by atoms with Gasteiger partial charge in [0.25, 0.3) is 0 Å². The zero-order valence-corrected chi connectivity index (χ0v) is 39.0. The first-order chi connectivity index (χ1) is 29.8. The monoisotopic (exact) mass is 869 g/mol. The highest BCUT2D eigenvalue weighted by atomic mass is 16.8. The minimum Gasteiger partial charge on any atom is -0.465 e. The van der Waals surface area contributed by atoms with E-state index in [9.17, 15) is 24.0 Å². The van der Waals surface area contributed by atoms with E-state index in [1.54, 1.807) is 0 Å². The fraction of sp³-hybridized carbons (Fsp3) is 0.894. The van der Waals surface area contributed by atoms with Crippen molar-refractivity contribution < 1.29 is 66.6 Å². The van der Waals surface area contributed by atoms with Crippen molar-refractivity contribution in [2.45, 2.75) is 215 Å². The third-order valence-electron chi connectivity index (χ3n) is 12.6. The fourth-order valence-corrected chi connectivity index (χ4v) is 10.2. The van der Waals surface area contributed by atoms with Crippen LogP contribution in [-0.2, 0) is 66.6 Å². The number of hydrogen-bond donors (Lipinski definition) is 0. The van der Waals surface area contributed by atoms with Crippen molar-refractivity contribution in [1.29, 1.82) is 0 Å². The minimum absolute atomic E-state index is 0.0182. The SMILES string of the molecule is CC.CC.CC.CC.CC.O=C1CC2CCCC2O1.O=C1CC2OC3OCOC3C2O1.O=C1CC2OCCC2O1.O=C1OC2CC3CC(C2)CC1C3.O=C1OCC2CCCC12. The molecular formula is C47H80O14. The summed E-state index contributed by atoms with van der Waals surface area (Å²) < 4.78 is 46.2. The van der Waals surface area contributed by atoms with Gasteiger partial charge in [-0.05, 0) is 76.0 Å². The van der Waals surface area contributed by atoms with Crippen LogP contribution in [0.15, 0.2) is 0 Å². The highest BCUT2D eigenvalue weighted by molar-refractivity contribution is 5.75. The van der Waals surface area contributed by atoms with Crippen LogP contribution in [0.5, 0.6) is 0 Å². The van der Waals surface area contributed by atoms with Crippen LogP contribution in [-0.4, -0.2) is 98.9 Å². The predicted molar refractivity (Wildman–Crippen MR) is 227 cm³/mol. The van der Waals surface area contributed by atoms with Gasteiger partial charge in [-0.25, -0.2) is 0 Å². The Kier molecular flexibility index (Phi) is 23.6. The summed E-state index contributed by atoms with van der Waals surface area (Å²) in [5.74, 6) is 3.18. The molecule has 12 atom stereocenters. The molecule has 13 rings (SSSR count). The molecule has 0 amide bonds. The molecule has 9 saturated heterocycles.